The number of nitrogens with zero attached hydrogens (tertiary/aromatic N) is 2. The lowest BCUT2D eigenvalue weighted by molar-refractivity contribution is 0.0684. The van der Waals surface area contributed by atoms with Crippen molar-refractivity contribution in [1.82, 2.24) is 9.55 Å². The number of carboxylic acids is 1. The van der Waals surface area contributed by atoms with Gasteiger partial charge in [0, 0.05) is 19.4 Å². The molecular formula is C17H18N2O2. The third-order valence-electron chi connectivity index (χ3n) is 3.17. The molecule has 0 aliphatic rings. The quantitative estimate of drug-likeness (QED) is 0.794. The van der Waals surface area contributed by atoms with E-state index >= 15 is 0 Å². The van der Waals surface area contributed by atoms with Crippen LogP contribution in [0, 0.1) is 0 Å². The molecule has 0 saturated heterocycles. The lowest BCUT2D eigenvalue weighted by atomic mass is 10.2. The molecule has 4 nitrogen and oxygen atoms in total. The van der Waals surface area contributed by atoms with Gasteiger partial charge >= 0.3 is 5.97 Å². The highest BCUT2D eigenvalue weighted by Gasteiger charge is 2.21. The van der Waals surface area contributed by atoms with Gasteiger partial charge in [0.1, 0.15) is 5.82 Å². The molecule has 1 N–H and O–H groups in total. The van der Waals surface area contributed by atoms with Gasteiger partial charge in [0.15, 0.2) is 5.69 Å². The molecule has 0 saturated carbocycles. The standard InChI is InChI=1S/C17H18N2O2/c1-3-8-14-16(17(20)21)19(15(18-14)9-4-2)12-13-10-6-5-7-11-13/h3-7,10-11H,1-2,8-9,12H2,(H,20,21). The highest BCUT2D eigenvalue weighted by Crippen LogP contribution is 2.17. The fourth-order valence-corrected chi connectivity index (χ4v) is 2.29. The maximum atomic E-state index is 11.6. The van der Waals surface area contributed by atoms with Gasteiger partial charge in [0.25, 0.3) is 0 Å². The van der Waals surface area contributed by atoms with Crippen molar-refractivity contribution in [3.8, 4) is 0 Å². The van der Waals surface area contributed by atoms with Crippen LogP contribution in [0.5, 0.6) is 0 Å². The molecule has 21 heavy (non-hydrogen) atoms. The number of allylic oxidation sites excluding steroid dienone is 2. The van der Waals surface area contributed by atoms with Crippen molar-refractivity contribution in [2.45, 2.75) is 19.4 Å². The number of hydrogen-bond acceptors (Lipinski definition) is 2. The normalized spacial score (nSPS) is 10.3. The van der Waals surface area contributed by atoms with Gasteiger partial charge in [0.2, 0.25) is 0 Å². The van der Waals surface area contributed by atoms with Crippen LogP contribution in [0.25, 0.3) is 0 Å². The molecule has 0 fully saturated rings. The van der Waals surface area contributed by atoms with E-state index in [9.17, 15) is 9.90 Å². The van der Waals surface area contributed by atoms with Gasteiger partial charge in [-0.1, -0.05) is 42.5 Å². The van der Waals surface area contributed by atoms with E-state index in [1.807, 2.05) is 30.3 Å². The zero-order valence-corrected chi connectivity index (χ0v) is 11.8. The first-order valence-corrected chi connectivity index (χ1v) is 6.74. The van der Waals surface area contributed by atoms with Gasteiger partial charge in [-0.05, 0) is 5.56 Å². The van der Waals surface area contributed by atoms with Gasteiger partial charge in [-0.3, -0.25) is 0 Å². The fraction of sp³-hybridized carbons (Fsp3) is 0.176. The Balaban J connectivity index is 2.51. The number of aromatic carboxylic acids is 1. The Labute approximate surface area is 124 Å². The van der Waals surface area contributed by atoms with Gasteiger partial charge in [-0.2, -0.15) is 0 Å². The molecule has 4 heteroatoms. The zero-order valence-electron chi connectivity index (χ0n) is 11.8. The monoisotopic (exact) mass is 282 g/mol. The topological polar surface area (TPSA) is 55.1 Å². The molecule has 2 aromatic rings. The number of carboxylic acid groups (broad SMARTS) is 1. The molecular weight excluding hydrogens is 264 g/mol. The molecule has 1 heterocycles. The van der Waals surface area contributed by atoms with Gasteiger partial charge in [-0.15, -0.1) is 13.2 Å². The molecule has 0 radical (unpaired) electrons. The van der Waals surface area contributed by atoms with Crippen molar-refractivity contribution >= 4 is 5.97 Å². The number of aromatic nitrogens is 2. The SMILES string of the molecule is C=CCc1nc(CC=C)n(Cc2ccccc2)c1C(=O)O. The Morgan fingerprint density at radius 1 is 1.19 bits per heavy atom. The van der Waals surface area contributed by atoms with E-state index in [-0.39, 0.29) is 5.69 Å². The minimum atomic E-state index is -0.967. The number of benzene rings is 1. The van der Waals surface area contributed by atoms with E-state index in [2.05, 4.69) is 18.1 Å². The highest BCUT2D eigenvalue weighted by molar-refractivity contribution is 5.87. The summed E-state index contributed by atoms with van der Waals surface area (Å²) in [5.74, 6) is -0.256. The summed E-state index contributed by atoms with van der Waals surface area (Å²) >= 11 is 0. The highest BCUT2D eigenvalue weighted by atomic mass is 16.4. The average molecular weight is 282 g/mol. The lowest BCUT2D eigenvalue weighted by Gasteiger charge is -2.09. The van der Waals surface area contributed by atoms with Crippen LogP contribution in [-0.2, 0) is 19.4 Å². The molecule has 1 aromatic heterocycles. The van der Waals surface area contributed by atoms with Crippen LogP contribution in [-0.4, -0.2) is 20.6 Å². The van der Waals surface area contributed by atoms with Crippen LogP contribution < -0.4 is 0 Å². The first-order chi connectivity index (χ1) is 10.2. The lowest BCUT2D eigenvalue weighted by Crippen LogP contribution is -2.13. The van der Waals surface area contributed by atoms with Crippen molar-refractivity contribution in [2.24, 2.45) is 0 Å². The second kappa shape index (κ2) is 6.70. The van der Waals surface area contributed by atoms with Crippen LogP contribution >= 0.6 is 0 Å². The first kappa shape index (κ1) is 14.8. The Morgan fingerprint density at radius 2 is 1.86 bits per heavy atom. The fourth-order valence-electron chi connectivity index (χ4n) is 2.29. The second-order valence-corrected chi connectivity index (χ2v) is 4.69. The van der Waals surface area contributed by atoms with Crippen molar-refractivity contribution < 1.29 is 9.90 Å². The maximum absolute atomic E-state index is 11.6. The number of carbonyl (C=O) groups is 1. The molecule has 1 aromatic carbocycles. The largest absolute Gasteiger partial charge is 0.477 e. The zero-order chi connectivity index (χ0) is 15.2. The van der Waals surface area contributed by atoms with E-state index in [0.29, 0.717) is 30.9 Å². The summed E-state index contributed by atoms with van der Waals surface area (Å²) in [7, 11) is 0. The van der Waals surface area contributed by atoms with E-state index in [1.54, 1.807) is 16.7 Å². The molecule has 0 aliphatic heterocycles. The molecule has 0 unspecified atom stereocenters. The molecule has 0 amide bonds. The summed E-state index contributed by atoms with van der Waals surface area (Å²) < 4.78 is 1.75. The average Bonchev–Trinajstić information content (AvgIpc) is 2.79. The predicted octanol–water partition coefficient (Wildman–Crippen LogP) is 3.09. The molecule has 0 bridgehead atoms. The molecule has 0 atom stereocenters. The van der Waals surface area contributed by atoms with Crippen molar-refractivity contribution in [3.05, 3.63) is 78.4 Å². The molecule has 0 spiro atoms. The van der Waals surface area contributed by atoms with Gasteiger partial charge in [-0.25, -0.2) is 9.78 Å². The summed E-state index contributed by atoms with van der Waals surface area (Å²) in [6.45, 7) is 7.86. The van der Waals surface area contributed by atoms with Crippen molar-refractivity contribution in [1.29, 1.82) is 0 Å². The van der Waals surface area contributed by atoms with Gasteiger partial charge < -0.3 is 9.67 Å². The predicted molar refractivity (Wildman–Crippen MR) is 82.5 cm³/mol. The van der Waals surface area contributed by atoms with Crippen LogP contribution in [0.4, 0.5) is 0 Å². The van der Waals surface area contributed by atoms with Crippen molar-refractivity contribution in [3.63, 3.8) is 0 Å². The van der Waals surface area contributed by atoms with Crippen LogP contribution in [0.3, 0.4) is 0 Å². The van der Waals surface area contributed by atoms with Gasteiger partial charge in [0.05, 0.1) is 5.69 Å². The molecule has 2 rings (SSSR count). The van der Waals surface area contributed by atoms with E-state index in [4.69, 9.17) is 0 Å². The first-order valence-electron chi connectivity index (χ1n) is 6.74. The second-order valence-electron chi connectivity index (χ2n) is 4.69. The Hall–Kier alpha value is -2.62. The van der Waals surface area contributed by atoms with Crippen LogP contribution in [0.15, 0.2) is 55.6 Å². The number of imidazole rings is 1. The minimum absolute atomic E-state index is 0.232. The molecule has 0 aliphatic carbocycles. The van der Waals surface area contributed by atoms with Crippen molar-refractivity contribution in [2.75, 3.05) is 0 Å². The third-order valence-corrected chi connectivity index (χ3v) is 3.17. The molecule has 108 valence electrons. The van der Waals surface area contributed by atoms with E-state index < -0.39 is 5.97 Å². The van der Waals surface area contributed by atoms with E-state index in [1.165, 1.54) is 0 Å². The summed E-state index contributed by atoms with van der Waals surface area (Å²) in [6.07, 6.45) is 4.37. The van der Waals surface area contributed by atoms with E-state index in [0.717, 1.165) is 5.56 Å². The Kier molecular flexibility index (Phi) is 4.72. The summed E-state index contributed by atoms with van der Waals surface area (Å²) in [6, 6.07) is 9.74. The summed E-state index contributed by atoms with van der Waals surface area (Å²) in [5.41, 5.74) is 1.81. The van der Waals surface area contributed by atoms with Crippen LogP contribution in [0.1, 0.15) is 27.6 Å². The minimum Gasteiger partial charge on any atom is -0.477 e. The maximum Gasteiger partial charge on any atom is 0.354 e. The summed E-state index contributed by atoms with van der Waals surface area (Å²) in [5, 5.41) is 9.51. The smallest absolute Gasteiger partial charge is 0.354 e. The van der Waals surface area contributed by atoms with Crippen LogP contribution in [0.2, 0.25) is 0 Å². The summed E-state index contributed by atoms with van der Waals surface area (Å²) in [4.78, 5) is 16.1. The Morgan fingerprint density at radius 3 is 2.43 bits per heavy atom. The number of rotatable bonds is 7. The number of hydrogen-bond donors (Lipinski definition) is 1. The third kappa shape index (κ3) is 3.28. The Bertz CT molecular complexity index is 657.